The molecule has 3 heterocycles. The van der Waals surface area contributed by atoms with E-state index in [1.54, 1.807) is 7.05 Å². The van der Waals surface area contributed by atoms with Gasteiger partial charge in [-0.15, -0.1) is 0 Å². The molecule has 0 spiro atoms. The van der Waals surface area contributed by atoms with Crippen LogP contribution in [0.2, 0.25) is 0 Å². The third kappa shape index (κ3) is 2.33. The molecule has 3 atom stereocenters. The van der Waals surface area contributed by atoms with Crippen molar-refractivity contribution < 1.29 is 4.79 Å². The second kappa shape index (κ2) is 5.18. The third-order valence-corrected chi connectivity index (χ3v) is 4.74. The lowest BCUT2D eigenvalue weighted by Gasteiger charge is -2.25. The minimum Gasteiger partial charge on any atom is -0.358 e. The molecule has 2 aliphatic rings. The summed E-state index contributed by atoms with van der Waals surface area (Å²) in [5, 5.41) is 6.99. The second-order valence-corrected chi connectivity index (χ2v) is 6.07. The number of amides is 1. The van der Waals surface area contributed by atoms with Crippen molar-refractivity contribution in [3.63, 3.8) is 0 Å². The van der Waals surface area contributed by atoms with E-state index in [4.69, 9.17) is 0 Å². The quantitative estimate of drug-likeness (QED) is 0.822. The molecule has 2 fully saturated rings. The molecular weight excluding hydrogens is 254 g/mol. The van der Waals surface area contributed by atoms with Crippen molar-refractivity contribution in [2.75, 3.05) is 27.2 Å². The zero-order valence-corrected chi connectivity index (χ0v) is 12.4. The number of carbonyl (C=O) groups excluding carboxylic acids is 1. The Morgan fingerprint density at radius 3 is 2.85 bits per heavy atom. The first-order valence-electron chi connectivity index (χ1n) is 7.22. The molecule has 0 bridgehead atoms. The number of aromatic nitrogens is 2. The molecule has 20 heavy (non-hydrogen) atoms. The summed E-state index contributed by atoms with van der Waals surface area (Å²) in [6, 6.07) is 0.560. The Hall–Kier alpha value is -1.40. The van der Waals surface area contributed by atoms with Gasteiger partial charge in [0.1, 0.15) is 0 Å². The summed E-state index contributed by atoms with van der Waals surface area (Å²) in [6.07, 6.45) is 4.99. The number of hydrogen-bond donors (Lipinski definition) is 1. The Morgan fingerprint density at radius 1 is 1.45 bits per heavy atom. The lowest BCUT2D eigenvalue weighted by molar-refractivity contribution is -0.125. The summed E-state index contributed by atoms with van der Waals surface area (Å²) in [4.78, 5) is 16.6. The van der Waals surface area contributed by atoms with Crippen molar-refractivity contribution in [2.24, 2.45) is 13.0 Å². The first-order chi connectivity index (χ1) is 9.58. The third-order valence-electron chi connectivity index (χ3n) is 4.74. The van der Waals surface area contributed by atoms with Crippen molar-refractivity contribution in [2.45, 2.75) is 25.0 Å². The molecule has 3 rings (SSSR count). The van der Waals surface area contributed by atoms with E-state index in [2.05, 4.69) is 33.5 Å². The molecule has 0 saturated carbocycles. The predicted octanol–water partition coefficient (Wildman–Crippen LogP) is -0.329. The zero-order valence-electron chi connectivity index (χ0n) is 12.4. The van der Waals surface area contributed by atoms with Gasteiger partial charge in [-0.1, -0.05) is 0 Å². The van der Waals surface area contributed by atoms with Gasteiger partial charge in [-0.05, 0) is 19.4 Å². The Morgan fingerprint density at radius 2 is 2.25 bits per heavy atom. The Balaban J connectivity index is 1.61. The fraction of sp³-hybridized carbons (Fsp3) is 0.714. The van der Waals surface area contributed by atoms with Gasteiger partial charge in [0.2, 0.25) is 5.91 Å². The van der Waals surface area contributed by atoms with E-state index in [0.29, 0.717) is 12.0 Å². The Bertz CT molecular complexity index is 500. The van der Waals surface area contributed by atoms with E-state index in [-0.39, 0.29) is 11.9 Å². The lowest BCUT2D eigenvalue weighted by Crippen LogP contribution is -2.44. The van der Waals surface area contributed by atoms with Crippen molar-refractivity contribution in [3.05, 3.63) is 18.0 Å². The van der Waals surface area contributed by atoms with Crippen LogP contribution in [0.1, 0.15) is 12.0 Å². The standard InChI is InChI=1S/C14H23N5O/c1-15-14(20)12-4-11-8-19(9-13(11)18(12)3)7-10-5-16-17(2)6-10/h5-6,11-13H,4,7-9H2,1-3H3,(H,15,20)/t11-,12-,13+/m0/s1. The zero-order chi connectivity index (χ0) is 14.3. The number of hydrogen-bond acceptors (Lipinski definition) is 4. The number of nitrogens with one attached hydrogen (secondary N) is 1. The van der Waals surface area contributed by atoms with Crippen molar-refractivity contribution >= 4 is 5.91 Å². The van der Waals surface area contributed by atoms with Gasteiger partial charge in [0.15, 0.2) is 0 Å². The Labute approximate surface area is 119 Å². The van der Waals surface area contributed by atoms with Crippen LogP contribution in [-0.2, 0) is 18.4 Å². The number of carbonyl (C=O) groups is 1. The van der Waals surface area contributed by atoms with Crippen LogP contribution in [0, 0.1) is 5.92 Å². The summed E-state index contributed by atoms with van der Waals surface area (Å²) >= 11 is 0. The van der Waals surface area contributed by atoms with E-state index >= 15 is 0 Å². The normalized spacial score (nSPS) is 30.6. The maximum absolute atomic E-state index is 11.9. The molecule has 1 aromatic heterocycles. The topological polar surface area (TPSA) is 53.4 Å². The van der Waals surface area contributed by atoms with Gasteiger partial charge < -0.3 is 5.32 Å². The highest BCUT2D eigenvalue weighted by atomic mass is 16.2. The van der Waals surface area contributed by atoms with Gasteiger partial charge in [0.25, 0.3) is 0 Å². The molecule has 2 saturated heterocycles. The minimum absolute atomic E-state index is 0.0514. The molecule has 1 amide bonds. The average molecular weight is 277 g/mol. The van der Waals surface area contributed by atoms with Crippen LogP contribution in [0.3, 0.4) is 0 Å². The van der Waals surface area contributed by atoms with E-state index in [1.165, 1.54) is 5.56 Å². The largest absolute Gasteiger partial charge is 0.358 e. The summed E-state index contributed by atoms with van der Waals surface area (Å²) in [6.45, 7) is 3.08. The van der Waals surface area contributed by atoms with Crippen LogP contribution in [0.5, 0.6) is 0 Å². The van der Waals surface area contributed by atoms with E-state index in [1.807, 2.05) is 17.9 Å². The maximum Gasteiger partial charge on any atom is 0.237 e. The van der Waals surface area contributed by atoms with Crippen LogP contribution >= 0.6 is 0 Å². The van der Waals surface area contributed by atoms with E-state index in [0.717, 1.165) is 26.1 Å². The highest BCUT2D eigenvalue weighted by Gasteiger charge is 2.46. The van der Waals surface area contributed by atoms with Gasteiger partial charge in [0.05, 0.1) is 12.2 Å². The van der Waals surface area contributed by atoms with Crippen molar-refractivity contribution in [1.29, 1.82) is 0 Å². The number of nitrogens with zero attached hydrogens (tertiary/aromatic N) is 4. The summed E-state index contributed by atoms with van der Waals surface area (Å²) < 4.78 is 1.85. The molecule has 0 radical (unpaired) electrons. The predicted molar refractivity (Wildman–Crippen MR) is 76.0 cm³/mol. The summed E-state index contributed by atoms with van der Waals surface area (Å²) in [5.41, 5.74) is 1.26. The van der Waals surface area contributed by atoms with Crippen LogP contribution in [0.4, 0.5) is 0 Å². The molecule has 1 aromatic rings. The molecule has 2 aliphatic heterocycles. The fourth-order valence-electron chi connectivity index (χ4n) is 3.72. The first-order valence-corrected chi connectivity index (χ1v) is 7.22. The van der Waals surface area contributed by atoms with Gasteiger partial charge in [-0.25, -0.2) is 0 Å². The average Bonchev–Trinajstić information content (AvgIpc) is 3.07. The molecule has 1 N–H and O–H groups in total. The lowest BCUT2D eigenvalue weighted by atomic mass is 10.0. The van der Waals surface area contributed by atoms with Crippen LogP contribution in [0.25, 0.3) is 0 Å². The van der Waals surface area contributed by atoms with Gasteiger partial charge >= 0.3 is 0 Å². The monoisotopic (exact) mass is 277 g/mol. The molecule has 6 heteroatoms. The first kappa shape index (κ1) is 13.6. The van der Waals surface area contributed by atoms with Crippen LogP contribution in [0.15, 0.2) is 12.4 Å². The SMILES string of the molecule is CNC(=O)[C@@H]1C[C@H]2CN(Cc3cnn(C)c3)C[C@H]2N1C. The fourth-order valence-corrected chi connectivity index (χ4v) is 3.72. The van der Waals surface area contributed by atoms with E-state index < -0.39 is 0 Å². The van der Waals surface area contributed by atoms with Gasteiger partial charge in [-0.2, -0.15) is 5.10 Å². The minimum atomic E-state index is 0.0514. The van der Waals surface area contributed by atoms with Crippen molar-refractivity contribution in [3.8, 4) is 0 Å². The van der Waals surface area contributed by atoms with Gasteiger partial charge in [0, 0.05) is 51.5 Å². The van der Waals surface area contributed by atoms with Crippen molar-refractivity contribution in [1.82, 2.24) is 24.9 Å². The maximum atomic E-state index is 11.9. The Kier molecular flexibility index (Phi) is 3.52. The molecule has 110 valence electrons. The second-order valence-electron chi connectivity index (χ2n) is 6.07. The molecular formula is C14H23N5O. The molecule has 0 aromatic carbocycles. The number of likely N-dealkylation sites (N-methyl/N-ethyl adjacent to an activating group) is 2. The van der Waals surface area contributed by atoms with Crippen LogP contribution < -0.4 is 5.32 Å². The number of fused-ring (bicyclic) bond motifs is 1. The highest BCUT2D eigenvalue weighted by molar-refractivity contribution is 5.81. The number of likely N-dealkylation sites (tertiary alicyclic amines) is 2. The molecule has 0 aliphatic carbocycles. The number of aryl methyl sites for hydroxylation is 1. The van der Waals surface area contributed by atoms with E-state index in [9.17, 15) is 4.79 Å². The van der Waals surface area contributed by atoms with Crippen LogP contribution in [-0.4, -0.2) is 64.8 Å². The molecule has 0 unspecified atom stereocenters. The smallest absolute Gasteiger partial charge is 0.237 e. The van der Waals surface area contributed by atoms with Gasteiger partial charge in [-0.3, -0.25) is 19.3 Å². The summed E-state index contributed by atoms with van der Waals surface area (Å²) in [7, 11) is 5.75. The summed E-state index contributed by atoms with van der Waals surface area (Å²) in [5.74, 6) is 0.764. The highest BCUT2D eigenvalue weighted by Crippen LogP contribution is 2.35. The number of rotatable bonds is 3. The molecule has 6 nitrogen and oxygen atoms in total.